The minimum Gasteiger partial charge on any atom is -0.357 e. The number of imidazole rings is 1. The number of nitrogens with one attached hydrogen (secondary N) is 1. The van der Waals surface area contributed by atoms with Gasteiger partial charge in [0.2, 0.25) is 5.95 Å². The zero-order valence-corrected chi connectivity index (χ0v) is 14.8. The first kappa shape index (κ1) is 16.7. The van der Waals surface area contributed by atoms with Crippen molar-refractivity contribution in [2.24, 2.45) is 0 Å². The molecule has 5 nitrogen and oxygen atoms in total. The van der Waals surface area contributed by atoms with Crippen LogP contribution >= 0.6 is 0 Å². The van der Waals surface area contributed by atoms with E-state index in [0.717, 1.165) is 35.5 Å². The third-order valence-electron chi connectivity index (χ3n) is 5.00. The largest absolute Gasteiger partial charge is 0.357 e. The number of benzene rings is 1. The van der Waals surface area contributed by atoms with E-state index in [0.29, 0.717) is 12.0 Å². The summed E-state index contributed by atoms with van der Waals surface area (Å²) in [5, 5.41) is 2.99. The SMILES string of the molecule is CNc1nccc(-c2c(-c3ccc(F)cc3)ncn2C2CCCCC2)n1. The van der Waals surface area contributed by atoms with Crippen molar-refractivity contribution in [3.8, 4) is 22.6 Å². The lowest BCUT2D eigenvalue weighted by Crippen LogP contribution is -2.13. The average molecular weight is 351 g/mol. The Morgan fingerprint density at radius 3 is 2.54 bits per heavy atom. The standard InChI is InChI=1S/C20H22FN5/c1-22-20-23-12-11-17(25-20)19-18(14-7-9-15(21)10-8-14)24-13-26(19)16-5-3-2-4-6-16/h7-13,16H,2-6H2,1H3,(H,22,23,25). The summed E-state index contributed by atoms with van der Waals surface area (Å²) < 4.78 is 15.6. The maximum Gasteiger partial charge on any atom is 0.222 e. The van der Waals surface area contributed by atoms with Gasteiger partial charge in [-0.1, -0.05) is 19.3 Å². The van der Waals surface area contributed by atoms with Gasteiger partial charge >= 0.3 is 0 Å². The van der Waals surface area contributed by atoms with Crippen molar-refractivity contribution in [3.05, 3.63) is 48.7 Å². The van der Waals surface area contributed by atoms with E-state index in [1.807, 2.05) is 12.4 Å². The summed E-state index contributed by atoms with van der Waals surface area (Å²) in [5.41, 5.74) is 3.52. The minimum atomic E-state index is -0.249. The number of hydrogen-bond donors (Lipinski definition) is 1. The van der Waals surface area contributed by atoms with Crippen molar-refractivity contribution in [1.29, 1.82) is 0 Å². The molecule has 4 rings (SSSR count). The second kappa shape index (κ2) is 7.23. The summed E-state index contributed by atoms with van der Waals surface area (Å²) in [7, 11) is 1.80. The molecule has 1 saturated carbocycles. The molecule has 0 aliphatic heterocycles. The number of rotatable bonds is 4. The number of nitrogens with zero attached hydrogens (tertiary/aromatic N) is 4. The van der Waals surface area contributed by atoms with Crippen LogP contribution in [0.15, 0.2) is 42.9 Å². The highest BCUT2D eigenvalue weighted by atomic mass is 19.1. The lowest BCUT2D eigenvalue weighted by atomic mass is 9.95. The summed E-state index contributed by atoms with van der Waals surface area (Å²) in [6, 6.07) is 8.81. The second-order valence-electron chi connectivity index (χ2n) is 6.66. The molecule has 6 heteroatoms. The molecule has 1 aliphatic rings. The van der Waals surface area contributed by atoms with Gasteiger partial charge in [0.1, 0.15) is 5.82 Å². The number of aromatic nitrogens is 4. The molecule has 0 saturated heterocycles. The summed E-state index contributed by atoms with van der Waals surface area (Å²) in [6.45, 7) is 0. The molecule has 0 radical (unpaired) electrons. The number of halogens is 1. The molecular weight excluding hydrogens is 329 g/mol. The first-order chi connectivity index (χ1) is 12.8. The predicted molar refractivity (Wildman–Crippen MR) is 100 cm³/mol. The fourth-order valence-corrected chi connectivity index (χ4v) is 3.68. The van der Waals surface area contributed by atoms with Crippen LogP contribution in [0.2, 0.25) is 0 Å². The van der Waals surface area contributed by atoms with E-state index in [9.17, 15) is 4.39 Å². The molecule has 1 aromatic carbocycles. The highest BCUT2D eigenvalue weighted by Crippen LogP contribution is 2.37. The second-order valence-corrected chi connectivity index (χ2v) is 6.66. The Hall–Kier alpha value is -2.76. The summed E-state index contributed by atoms with van der Waals surface area (Å²) >= 11 is 0. The molecule has 1 fully saturated rings. The maximum atomic E-state index is 13.4. The van der Waals surface area contributed by atoms with Gasteiger partial charge in [-0.2, -0.15) is 0 Å². The van der Waals surface area contributed by atoms with Crippen LogP contribution in [0.5, 0.6) is 0 Å². The Kier molecular flexibility index (Phi) is 4.65. The molecule has 0 atom stereocenters. The van der Waals surface area contributed by atoms with Crippen molar-refractivity contribution in [2.45, 2.75) is 38.1 Å². The van der Waals surface area contributed by atoms with Crippen molar-refractivity contribution in [2.75, 3.05) is 12.4 Å². The Morgan fingerprint density at radius 1 is 1.04 bits per heavy atom. The van der Waals surface area contributed by atoms with Crippen molar-refractivity contribution in [1.82, 2.24) is 19.5 Å². The zero-order valence-electron chi connectivity index (χ0n) is 14.8. The molecule has 2 heterocycles. The molecule has 0 bridgehead atoms. The van der Waals surface area contributed by atoms with Crippen LogP contribution < -0.4 is 5.32 Å². The average Bonchev–Trinajstić information content (AvgIpc) is 3.14. The van der Waals surface area contributed by atoms with Gasteiger partial charge in [0, 0.05) is 24.8 Å². The molecule has 0 unspecified atom stereocenters. The molecular formula is C20H22FN5. The van der Waals surface area contributed by atoms with E-state index in [2.05, 4.69) is 24.8 Å². The Balaban J connectivity index is 1.86. The van der Waals surface area contributed by atoms with Gasteiger partial charge < -0.3 is 9.88 Å². The highest BCUT2D eigenvalue weighted by molar-refractivity contribution is 5.77. The maximum absolute atomic E-state index is 13.4. The molecule has 2 aromatic heterocycles. The van der Waals surface area contributed by atoms with Gasteiger partial charge in [-0.3, -0.25) is 0 Å². The highest BCUT2D eigenvalue weighted by Gasteiger charge is 2.23. The normalized spacial score (nSPS) is 15.2. The summed E-state index contributed by atoms with van der Waals surface area (Å²) in [6.07, 6.45) is 9.72. The molecule has 134 valence electrons. The fourth-order valence-electron chi connectivity index (χ4n) is 3.68. The van der Waals surface area contributed by atoms with E-state index >= 15 is 0 Å². The topological polar surface area (TPSA) is 55.6 Å². The van der Waals surface area contributed by atoms with Gasteiger partial charge in [-0.25, -0.2) is 19.3 Å². The van der Waals surface area contributed by atoms with Gasteiger partial charge in [0.25, 0.3) is 0 Å². The zero-order chi connectivity index (χ0) is 17.9. The lowest BCUT2D eigenvalue weighted by molar-refractivity contribution is 0.355. The van der Waals surface area contributed by atoms with Crippen LogP contribution in [-0.4, -0.2) is 26.6 Å². The van der Waals surface area contributed by atoms with Gasteiger partial charge in [0.15, 0.2) is 0 Å². The smallest absolute Gasteiger partial charge is 0.222 e. The fraction of sp³-hybridized carbons (Fsp3) is 0.350. The number of anilines is 1. The molecule has 26 heavy (non-hydrogen) atoms. The third-order valence-corrected chi connectivity index (χ3v) is 5.00. The molecule has 0 amide bonds. The predicted octanol–water partition coefficient (Wildman–Crippen LogP) is 4.69. The molecule has 0 spiro atoms. The molecule has 1 N–H and O–H groups in total. The molecule has 3 aromatic rings. The van der Waals surface area contributed by atoms with Crippen LogP contribution in [0.1, 0.15) is 38.1 Å². The Labute approximate surface area is 152 Å². The molecule has 1 aliphatic carbocycles. The monoisotopic (exact) mass is 351 g/mol. The Bertz CT molecular complexity index is 881. The van der Waals surface area contributed by atoms with Crippen molar-refractivity contribution >= 4 is 5.95 Å². The van der Waals surface area contributed by atoms with E-state index in [4.69, 9.17) is 0 Å². The van der Waals surface area contributed by atoms with Crippen LogP contribution in [0.25, 0.3) is 22.6 Å². The van der Waals surface area contributed by atoms with E-state index in [1.165, 1.54) is 31.4 Å². The lowest BCUT2D eigenvalue weighted by Gasteiger charge is -2.25. The van der Waals surface area contributed by atoms with Crippen molar-refractivity contribution in [3.63, 3.8) is 0 Å². The van der Waals surface area contributed by atoms with Gasteiger partial charge in [-0.15, -0.1) is 0 Å². The summed E-state index contributed by atoms with van der Waals surface area (Å²) in [5.74, 6) is 0.325. The third kappa shape index (κ3) is 3.19. The van der Waals surface area contributed by atoms with Crippen molar-refractivity contribution < 1.29 is 4.39 Å². The first-order valence-corrected chi connectivity index (χ1v) is 9.10. The summed E-state index contributed by atoms with van der Waals surface area (Å²) in [4.78, 5) is 13.5. The minimum absolute atomic E-state index is 0.249. The van der Waals surface area contributed by atoms with Gasteiger partial charge in [0.05, 0.1) is 23.4 Å². The number of hydrogen-bond acceptors (Lipinski definition) is 4. The van der Waals surface area contributed by atoms with Crippen LogP contribution in [0.3, 0.4) is 0 Å². The van der Waals surface area contributed by atoms with E-state index in [1.54, 1.807) is 25.4 Å². The van der Waals surface area contributed by atoms with Crippen LogP contribution in [0, 0.1) is 5.82 Å². The quantitative estimate of drug-likeness (QED) is 0.741. The Morgan fingerprint density at radius 2 is 1.81 bits per heavy atom. The first-order valence-electron chi connectivity index (χ1n) is 9.10. The van der Waals surface area contributed by atoms with E-state index in [-0.39, 0.29) is 5.82 Å². The van der Waals surface area contributed by atoms with Gasteiger partial charge in [-0.05, 0) is 43.2 Å². The van der Waals surface area contributed by atoms with E-state index < -0.39 is 0 Å². The van der Waals surface area contributed by atoms with Crippen LogP contribution in [-0.2, 0) is 0 Å². The van der Waals surface area contributed by atoms with Crippen LogP contribution in [0.4, 0.5) is 10.3 Å².